The monoisotopic (exact) mass is 296 g/mol. The molecule has 1 rings (SSSR count). The first-order valence-corrected chi connectivity index (χ1v) is 6.73. The Morgan fingerprint density at radius 2 is 1.86 bits per heavy atom. The van der Waals surface area contributed by atoms with Gasteiger partial charge in [-0.05, 0) is 5.41 Å². The number of likely N-dealkylation sites (N-methyl/N-ethyl adjacent to an activating group) is 1. The van der Waals surface area contributed by atoms with Crippen LogP contribution in [0.15, 0.2) is 15.8 Å². The van der Waals surface area contributed by atoms with Gasteiger partial charge in [0.05, 0.1) is 18.2 Å². The molecule has 1 aromatic rings. The minimum absolute atomic E-state index is 0.114. The summed E-state index contributed by atoms with van der Waals surface area (Å²) >= 11 is 0. The normalized spacial score (nSPS) is 13.1. The molecule has 0 saturated carbocycles. The van der Waals surface area contributed by atoms with Crippen molar-refractivity contribution in [2.45, 2.75) is 33.4 Å². The van der Waals surface area contributed by atoms with E-state index in [0.717, 1.165) is 4.57 Å². The Kier molecular flexibility index (Phi) is 4.78. The van der Waals surface area contributed by atoms with Crippen molar-refractivity contribution >= 4 is 5.91 Å². The molecular formula is C14H24N4O3. The molecule has 0 aliphatic rings. The molecule has 21 heavy (non-hydrogen) atoms. The highest BCUT2D eigenvalue weighted by molar-refractivity contribution is 5.82. The van der Waals surface area contributed by atoms with Gasteiger partial charge in [-0.25, -0.2) is 4.79 Å². The fraction of sp³-hybridized carbons (Fsp3) is 0.643. The summed E-state index contributed by atoms with van der Waals surface area (Å²) < 4.78 is 2.34. The van der Waals surface area contributed by atoms with Crippen LogP contribution in [0, 0.1) is 5.41 Å². The number of hydrogen-bond donors (Lipinski definition) is 1. The second kappa shape index (κ2) is 5.85. The predicted molar refractivity (Wildman–Crippen MR) is 80.8 cm³/mol. The molecule has 7 nitrogen and oxygen atoms in total. The minimum Gasteiger partial charge on any atom is -0.340 e. The van der Waals surface area contributed by atoms with Gasteiger partial charge in [0.2, 0.25) is 5.91 Å². The van der Waals surface area contributed by atoms with Gasteiger partial charge in [0.25, 0.3) is 5.56 Å². The molecule has 1 amide bonds. The van der Waals surface area contributed by atoms with Crippen LogP contribution in [0.3, 0.4) is 0 Å². The molecule has 1 heterocycles. The first kappa shape index (κ1) is 17.2. The maximum Gasteiger partial charge on any atom is 0.330 e. The molecule has 0 saturated heterocycles. The van der Waals surface area contributed by atoms with Gasteiger partial charge in [0.1, 0.15) is 0 Å². The molecular weight excluding hydrogens is 272 g/mol. The highest BCUT2D eigenvalue weighted by Crippen LogP contribution is 2.19. The summed E-state index contributed by atoms with van der Waals surface area (Å²) in [4.78, 5) is 37.4. The summed E-state index contributed by atoms with van der Waals surface area (Å²) in [6.07, 6.45) is 1.46. The van der Waals surface area contributed by atoms with Gasteiger partial charge < -0.3 is 15.2 Å². The third-order valence-electron chi connectivity index (χ3n) is 3.50. The van der Waals surface area contributed by atoms with Crippen molar-refractivity contribution in [3.63, 3.8) is 0 Å². The SMILES string of the molecule is CN(Cc1cn(C)c(=O)n(C)c1=O)C(=O)[C@@H](N)C(C)(C)C. The average molecular weight is 296 g/mol. The van der Waals surface area contributed by atoms with E-state index in [1.807, 2.05) is 20.8 Å². The maximum absolute atomic E-state index is 12.3. The Hall–Kier alpha value is -1.89. The van der Waals surface area contributed by atoms with Gasteiger partial charge in [-0.3, -0.25) is 14.2 Å². The quantitative estimate of drug-likeness (QED) is 0.807. The van der Waals surface area contributed by atoms with E-state index < -0.39 is 17.3 Å². The van der Waals surface area contributed by atoms with Gasteiger partial charge in [0.15, 0.2) is 0 Å². The number of rotatable bonds is 3. The third kappa shape index (κ3) is 3.60. The molecule has 0 radical (unpaired) electrons. The molecule has 0 bridgehead atoms. The predicted octanol–water partition coefficient (Wildman–Crippen LogP) is -0.584. The largest absolute Gasteiger partial charge is 0.340 e. The lowest BCUT2D eigenvalue weighted by Crippen LogP contribution is -2.49. The lowest BCUT2D eigenvalue weighted by Gasteiger charge is -2.30. The number of amides is 1. The van der Waals surface area contributed by atoms with Gasteiger partial charge in [-0.15, -0.1) is 0 Å². The fourth-order valence-corrected chi connectivity index (χ4v) is 1.93. The van der Waals surface area contributed by atoms with Crippen LogP contribution in [0.5, 0.6) is 0 Å². The Morgan fingerprint density at radius 3 is 2.33 bits per heavy atom. The summed E-state index contributed by atoms with van der Waals surface area (Å²) in [5.74, 6) is -0.238. The molecule has 0 aromatic carbocycles. The van der Waals surface area contributed by atoms with Gasteiger partial charge in [0, 0.05) is 27.3 Å². The van der Waals surface area contributed by atoms with Crippen LogP contribution in [-0.2, 0) is 25.4 Å². The lowest BCUT2D eigenvalue weighted by atomic mass is 9.86. The van der Waals surface area contributed by atoms with Crippen LogP contribution in [0.2, 0.25) is 0 Å². The van der Waals surface area contributed by atoms with Crippen molar-refractivity contribution in [2.75, 3.05) is 7.05 Å². The fourth-order valence-electron chi connectivity index (χ4n) is 1.93. The molecule has 0 unspecified atom stereocenters. The van der Waals surface area contributed by atoms with Crippen LogP contribution >= 0.6 is 0 Å². The van der Waals surface area contributed by atoms with Gasteiger partial charge >= 0.3 is 5.69 Å². The van der Waals surface area contributed by atoms with E-state index in [9.17, 15) is 14.4 Å². The number of aromatic nitrogens is 2. The smallest absolute Gasteiger partial charge is 0.330 e. The lowest BCUT2D eigenvalue weighted by molar-refractivity contribution is -0.134. The zero-order chi connectivity index (χ0) is 16.5. The van der Waals surface area contributed by atoms with Crippen molar-refractivity contribution in [2.24, 2.45) is 25.2 Å². The Balaban J connectivity index is 3.05. The Morgan fingerprint density at radius 1 is 1.33 bits per heavy atom. The Labute approximate surface area is 124 Å². The number of nitrogens with two attached hydrogens (primary N) is 1. The van der Waals surface area contributed by atoms with Crippen LogP contribution in [0.4, 0.5) is 0 Å². The van der Waals surface area contributed by atoms with Crippen molar-refractivity contribution in [3.05, 3.63) is 32.6 Å². The zero-order valence-electron chi connectivity index (χ0n) is 13.5. The van der Waals surface area contributed by atoms with E-state index in [0.29, 0.717) is 5.56 Å². The average Bonchev–Trinajstić information content (AvgIpc) is 2.39. The van der Waals surface area contributed by atoms with Crippen molar-refractivity contribution < 1.29 is 4.79 Å². The summed E-state index contributed by atoms with van der Waals surface area (Å²) in [5.41, 5.74) is 5.15. The molecule has 0 fully saturated rings. The summed E-state index contributed by atoms with van der Waals surface area (Å²) in [7, 11) is 4.57. The Bertz CT molecular complexity index is 652. The van der Waals surface area contributed by atoms with Crippen molar-refractivity contribution in [3.8, 4) is 0 Å². The highest BCUT2D eigenvalue weighted by atomic mass is 16.2. The number of carbonyl (C=O) groups excluding carboxylic acids is 1. The van der Waals surface area contributed by atoms with E-state index in [1.165, 1.54) is 22.7 Å². The number of aryl methyl sites for hydroxylation is 1. The summed E-state index contributed by atoms with van der Waals surface area (Å²) in [6.45, 7) is 5.77. The number of carbonyl (C=O) groups is 1. The topological polar surface area (TPSA) is 90.3 Å². The molecule has 0 aliphatic heterocycles. The molecule has 2 N–H and O–H groups in total. The van der Waals surface area contributed by atoms with E-state index >= 15 is 0 Å². The van der Waals surface area contributed by atoms with Crippen LogP contribution in [0.25, 0.3) is 0 Å². The third-order valence-corrected chi connectivity index (χ3v) is 3.50. The molecule has 1 atom stereocenters. The second-order valence-corrected chi connectivity index (χ2v) is 6.45. The molecule has 7 heteroatoms. The summed E-state index contributed by atoms with van der Waals surface area (Å²) in [5, 5.41) is 0. The number of nitrogens with zero attached hydrogens (tertiary/aromatic N) is 3. The van der Waals surface area contributed by atoms with E-state index in [4.69, 9.17) is 5.73 Å². The van der Waals surface area contributed by atoms with Crippen LogP contribution in [0.1, 0.15) is 26.3 Å². The van der Waals surface area contributed by atoms with E-state index in [-0.39, 0.29) is 17.9 Å². The van der Waals surface area contributed by atoms with Crippen molar-refractivity contribution in [1.82, 2.24) is 14.0 Å². The molecule has 1 aromatic heterocycles. The van der Waals surface area contributed by atoms with E-state index in [1.54, 1.807) is 14.1 Å². The van der Waals surface area contributed by atoms with Gasteiger partial charge in [-0.2, -0.15) is 0 Å². The first-order valence-electron chi connectivity index (χ1n) is 6.73. The molecule has 0 spiro atoms. The zero-order valence-corrected chi connectivity index (χ0v) is 13.5. The van der Waals surface area contributed by atoms with Gasteiger partial charge in [-0.1, -0.05) is 20.8 Å². The van der Waals surface area contributed by atoms with Crippen molar-refractivity contribution in [1.29, 1.82) is 0 Å². The molecule has 0 aliphatic carbocycles. The second-order valence-electron chi connectivity index (χ2n) is 6.45. The van der Waals surface area contributed by atoms with Crippen LogP contribution in [-0.4, -0.2) is 33.0 Å². The van der Waals surface area contributed by atoms with Crippen LogP contribution < -0.4 is 17.0 Å². The molecule has 118 valence electrons. The highest BCUT2D eigenvalue weighted by Gasteiger charge is 2.30. The summed E-state index contributed by atoms with van der Waals surface area (Å²) in [6, 6.07) is -0.654. The maximum atomic E-state index is 12.3. The van der Waals surface area contributed by atoms with E-state index in [2.05, 4.69) is 0 Å². The first-order chi connectivity index (χ1) is 9.46. The standard InChI is InChI=1S/C14H24N4O3/c1-14(2,3)10(15)12(20)16(4)7-9-8-17(5)13(21)18(6)11(9)19/h8,10H,7,15H2,1-6H3/t10-/m1/s1. The number of hydrogen-bond acceptors (Lipinski definition) is 4. The minimum atomic E-state index is -0.654.